The molecule has 12 rings (SSSR count). The zero-order valence-corrected chi connectivity index (χ0v) is 29.3. The predicted octanol–water partition coefficient (Wildman–Crippen LogP) is 13.9. The number of benzene rings is 8. The van der Waals surface area contributed by atoms with E-state index in [1.54, 1.807) is 0 Å². The number of para-hydroxylation sites is 3. The van der Waals surface area contributed by atoms with Gasteiger partial charge in [-0.1, -0.05) is 72.8 Å². The van der Waals surface area contributed by atoms with Crippen LogP contribution in [0.5, 0.6) is 0 Å². The van der Waals surface area contributed by atoms with Crippen LogP contribution in [0, 0.1) is 0 Å². The van der Waals surface area contributed by atoms with E-state index in [2.05, 4.69) is 137 Å². The maximum atomic E-state index is 6.45. The minimum absolute atomic E-state index is 0.587. The lowest BCUT2D eigenvalue weighted by Gasteiger charge is -2.26. The largest absolute Gasteiger partial charge is 0.456 e. The topological polar surface area (TPSA) is 60.5 Å². The Kier molecular flexibility index (Phi) is 6.24. The molecule has 0 fully saturated rings. The average Bonchev–Trinajstić information content (AvgIpc) is 4.00. The van der Waals surface area contributed by atoms with Crippen LogP contribution < -0.4 is 4.90 Å². The Morgan fingerprint density at radius 2 is 0.982 bits per heavy atom. The van der Waals surface area contributed by atoms with E-state index >= 15 is 0 Å². The van der Waals surface area contributed by atoms with Gasteiger partial charge in [0.15, 0.2) is 5.58 Å². The molecule has 0 saturated heterocycles. The summed E-state index contributed by atoms with van der Waals surface area (Å²) in [5.74, 6) is 0.587. The average molecular weight is 708 g/mol. The molecule has 8 aromatic carbocycles. The molecule has 4 aromatic heterocycles. The predicted molar refractivity (Wildman–Crippen MR) is 223 cm³/mol. The van der Waals surface area contributed by atoms with E-state index in [1.807, 2.05) is 48.5 Å². The van der Waals surface area contributed by atoms with E-state index in [0.717, 1.165) is 88.7 Å². The van der Waals surface area contributed by atoms with Gasteiger partial charge in [0.1, 0.15) is 27.8 Å². The van der Waals surface area contributed by atoms with Crippen molar-refractivity contribution in [2.24, 2.45) is 0 Å². The van der Waals surface area contributed by atoms with Crippen molar-refractivity contribution in [3.05, 3.63) is 176 Å². The number of oxazole rings is 1. The summed E-state index contributed by atoms with van der Waals surface area (Å²) in [6.07, 6.45) is 0. The molecule has 4 heterocycles. The van der Waals surface area contributed by atoms with E-state index in [9.17, 15) is 0 Å². The Hall–Kier alpha value is -7.57. The van der Waals surface area contributed by atoms with Gasteiger partial charge < -0.3 is 22.7 Å². The molecule has 6 heteroatoms. The van der Waals surface area contributed by atoms with E-state index in [1.165, 1.54) is 10.8 Å². The van der Waals surface area contributed by atoms with Crippen molar-refractivity contribution < 1.29 is 13.3 Å². The Morgan fingerprint density at radius 1 is 0.382 bits per heavy atom. The fraction of sp³-hybridized carbons (Fsp3) is 0. The highest BCUT2D eigenvalue weighted by Crippen LogP contribution is 2.44. The first-order valence-corrected chi connectivity index (χ1v) is 18.4. The lowest BCUT2D eigenvalue weighted by atomic mass is 10.1. The van der Waals surface area contributed by atoms with Crippen LogP contribution in [0.1, 0.15) is 0 Å². The van der Waals surface area contributed by atoms with E-state index < -0.39 is 0 Å². The third kappa shape index (κ3) is 4.58. The van der Waals surface area contributed by atoms with Crippen LogP contribution in [-0.4, -0.2) is 9.55 Å². The zero-order valence-electron chi connectivity index (χ0n) is 29.3. The van der Waals surface area contributed by atoms with Crippen LogP contribution in [0.2, 0.25) is 0 Å². The first-order chi connectivity index (χ1) is 27.2. The Balaban J connectivity index is 1.08. The number of hydrogen-bond acceptors (Lipinski definition) is 5. The SMILES string of the molecule is c1ccc(-c2nc3cc4oc5ccc(N(c6ccc7c(c6)oc6ccccc67)c6ccc7c(c6)c6ccccc6n7-c6ccccc6)cc5c4cc3o2)cc1. The molecule has 6 nitrogen and oxygen atoms in total. The van der Waals surface area contributed by atoms with Gasteiger partial charge in [-0.15, -0.1) is 0 Å². The highest BCUT2D eigenvalue weighted by Gasteiger charge is 2.21. The first kappa shape index (κ1) is 29.9. The van der Waals surface area contributed by atoms with Gasteiger partial charge in [0.2, 0.25) is 5.89 Å². The molecule has 258 valence electrons. The Labute approximate surface area is 313 Å². The van der Waals surface area contributed by atoms with Gasteiger partial charge in [0.25, 0.3) is 0 Å². The number of hydrogen-bond donors (Lipinski definition) is 0. The third-order valence-corrected chi connectivity index (χ3v) is 10.8. The summed E-state index contributed by atoms with van der Waals surface area (Å²) in [6, 6.07) is 61.0. The third-order valence-electron chi connectivity index (χ3n) is 10.8. The highest BCUT2D eigenvalue weighted by molar-refractivity contribution is 6.13. The van der Waals surface area contributed by atoms with Crippen LogP contribution in [0.15, 0.2) is 189 Å². The molecule has 0 spiro atoms. The molecule has 55 heavy (non-hydrogen) atoms. The first-order valence-electron chi connectivity index (χ1n) is 18.4. The fourth-order valence-corrected chi connectivity index (χ4v) is 8.28. The molecule has 0 atom stereocenters. The van der Waals surface area contributed by atoms with Crippen molar-refractivity contribution in [2.75, 3.05) is 4.90 Å². The smallest absolute Gasteiger partial charge is 0.227 e. The summed E-state index contributed by atoms with van der Waals surface area (Å²) in [6.45, 7) is 0. The van der Waals surface area contributed by atoms with Gasteiger partial charge in [-0.05, 0) is 91.0 Å². The number of nitrogens with zero attached hydrogens (tertiary/aromatic N) is 3. The van der Waals surface area contributed by atoms with Gasteiger partial charge >= 0.3 is 0 Å². The molecule has 0 bridgehead atoms. The molecule has 0 saturated carbocycles. The lowest BCUT2D eigenvalue weighted by molar-refractivity contribution is 0.620. The van der Waals surface area contributed by atoms with Crippen molar-refractivity contribution in [3.63, 3.8) is 0 Å². The molecule has 0 amide bonds. The second-order valence-electron chi connectivity index (χ2n) is 14.0. The van der Waals surface area contributed by atoms with E-state index in [4.69, 9.17) is 18.2 Å². The van der Waals surface area contributed by atoms with Gasteiger partial charge in [0, 0.05) is 72.8 Å². The molecule has 0 radical (unpaired) electrons. The molecule has 0 unspecified atom stereocenters. The van der Waals surface area contributed by atoms with Crippen LogP contribution in [0.3, 0.4) is 0 Å². The van der Waals surface area contributed by atoms with Gasteiger partial charge in [-0.3, -0.25) is 0 Å². The van der Waals surface area contributed by atoms with Gasteiger partial charge in [-0.25, -0.2) is 4.98 Å². The fourth-order valence-electron chi connectivity index (χ4n) is 8.28. The van der Waals surface area contributed by atoms with Crippen molar-refractivity contribution in [3.8, 4) is 17.1 Å². The normalized spacial score (nSPS) is 12.0. The van der Waals surface area contributed by atoms with Crippen molar-refractivity contribution in [2.45, 2.75) is 0 Å². The number of furan rings is 2. The second kappa shape index (κ2) is 11.5. The summed E-state index contributed by atoms with van der Waals surface area (Å²) in [5, 5.41) is 6.51. The number of rotatable bonds is 5. The summed E-state index contributed by atoms with van der Waals surface area (Å²) < 4.78 is 21.5. The van der Waals surface area contributed by atoms with Gasteiger partial charge in [-0.2, -0.15) is 0 Å². The van der Waals surface area contributed by atoms with Crippen LogP contribution in [0.4, 0.5) is 17.1 Å². The standard InChI is InChI=1S/C49H29N3O3/c1-3-11-30(12-4-1)49-50-41-29-47-40(28-48(41)55-49)39-26-33(21-24-45(39)54-47)51(34-19-22-37-36-16-8-10-18-44(36)53-46(37)27-34)32-20-23-43-38(25-32)35-15-7-9-17-42(35)52(43)31-13-5-2-6-14-31/h1-29H. The number of aromatic nitrogens is 2. The second-order valence-corrected chi connectivity index (χ2v) is 14.0. The Bertz CT molecular complexity index is 3440. The van der Waals surface area contributed by atoms with Crippen LogP contribution in [-0.2, 0) is 0 Å². The molecular weight excluding hydrogens is 679 g/mol. The van der Waals surface area contributed by atoms with E-state index in [-0.39, 0.29) is 0 Å². The molecule has 0 aliphatic heterocycles. The highest BCUT2D eigenvalue weighted by atomic mass is 16.4. The summed E-state index contributed by atoms with van der Waals surface area (Å²) >= 11 is 0. The zero-order chi connectivity index (χ0) is 36.0. The van der Waals surface area contributed by atoms with Crippen molar-refractivity contribution in [1.82, 2.24) is 9.55 Å². The summed E-state index contributed by atoms with van der Waals surface area (Å²) in [5.41, 5.74) is 12.1. The number of anilines is 3. The van der Waals surface area contributed by atoms with Gasteiger partial charge in [0.05, 0.1) is 11.0 Å². The molecule has 12 aromatic rings. The molecule has 0 aliphatic carbocycles. The lowest BCUT2D eigenvalue weighted by Crippen LogP contribution is -2.09. The maximum absolute atomic E-state index is 6.45. The summed E-state index contributed by atoms with van der Waals surface area (Å²) in [4.78, 5) is 7.10. The van der Waals surface area contributed by atoms with Crippen LogP contribution >= 0.6 is 0 Å². The molecular formula is C49H29N3O3. The van der Waals surface area contributed by atoms with E-state index in [0.29, 0.717) is 11.5 Å². The summed E-state index contributed by atoms with van der Waals surface area (Å²) in [7, 11) is 0. The maximum Gasteiger partial charge on any atom is 0.227 e. The minimum Gasteiger partial charge on any atom is -0.456 e. The Morgan fingerprint density at radius 3 is 1.84 bits per heavy atom. The van der Waals surface area contributed by atoms with Crippen LogP contribution in [0.25, 0.3) is 93.9 Å². The monoisotopic (exact) mass is 707 g/mol. The quantitative estimate of drug-likeness (QED) is 0.178. The number of fused-ring (bicyclic) bond motifs is 10. The van der Waals surface area contributed by atoms with Crippen molar-refractivity contribution in [1.29, 1.82) is 0 Å². The molecule has 0 aliphatic rings. The minimum atomic E-state index is 0.587. The molecule has 0 N–H and O–H groups in total. The van der Waals surface area contributed by atoms with Crippen molar-refractivity contribution >= 4 is 93.8 Å².